The number of thiazole rings is 1. The van der Waals surface area contributed by atoms with E-state index < -0.39 is 12.6 Å². The van der Waals surface area contributed by atoms with Crippen LogP contribution in [0.15, 0.2) is 30.6 Å². The first-order chi connectivity index (χ1) is 17.2. The van der Waals surface area contributed by atoms with Crippen LogP contribution in [0.3, 0.4) is 0 Å². The Hall–Kier alpha value is -2.19. The number of rotatable bonds is 8. The van der Waals surface area contributed by atoms with E-state index in [1.807, 2.05) is 29.9 Å². The van der Waals surface area contributed by atoms with E-state index in [9.17, 15) is 18.0 Å². The zero-order chi connectivity index (χ0) is 25.3. The molecule has 0 bridgehead atoms. The van der Waals surface area contributed by atoms with Crippen molar-refractivity contribution < 1.29 is 18.0 Å². The standard InChI is InChI=1S/C28H34F3N3OS/c1-33-16-21-3-2-4-22(23(21)17-33)25(35)15-20-7-5-19(6-8-20)10-13-34-14-11-26-24(18-34)32-27(36-26)9-12-28(29,30)31/h2-4,16-17,19-20H,5-15,18H2,1H3. The summed E-state index contributed by atoms with van der Waals surface area (Å²) in [5, 5.41) is 2.79. The monoisotopic (exact) mass is 517 g/mol. The lowest BCUT2D eigenvalue weighted by Crippen LogP contribution is -2.32. The van der Waals surface area contributed by atoms with E-state index in [2.05, 4.69) is 22.1 Å². The second kappa shape index (κ2) is 10.7. The predicted molar refractivity (Wildman–Crippen MR) is 137 cm³/mol. The van der Waals surface area contributed by atoms with Crippen LogP contribution in [0.4, 0.5) is 13.2 Å². The molecule has 3 heterocycles. The van der Waals surface area contributed by atoms with Crippen LogP contribution in [0.5, 0.6) is 0 Å². The number of ketones is 1. The smallest absolute Gasteiger partial charge is 0.356 e. The van der Waals surface area contributed by atoms with E-state index in [1.54, 1.807) is 0 Å². The number of alkyl halides is 3. The molecular weight excluding hydrogens is 483 g/mol. The number of nitrogens with zero attached hydrogens (tertiary/aromatic N) is 3. The zero-order valence-corrected chi connectivity index (χ0v) is 21.6. The van der Waals surface area contributed by atoms with Gasteiger partial charge >= 0.3 is 6.18 Å². The van der Waals surface area contributed by atoms with Crippen molar-refractivity contribution in [2.45, 2.75) is 70.5 Å². The molecular formula is C28H34F3N3OS. The fourth-order valence-electron chi connectivity index (χ4n) is 5.86. The molecule has 0 amide bonds. The zero-order valence-electron chi connectivity index (χ0n) is 20.8. The summed E-state index contributed by atoms with van der Waals surface area (Å²) in [6, 6.07) is 5.99. The van der Waals surface area contributed by atoms with Gasteiger partial charge in [0.2, 0.25) is 0 Å². The highest BCUT2D eigenvalue weighted by Crippen LogP contribution is 2.35. The summed E-state index contributed by atoms with van der Waals surface area (Å²) in [5.41, 5.74) is 1.84. The number of aryl methyl sites for hydroxylation is 2. The lowest BCUT2D eigenvalue weighted by molar-refractivity contribution is -0.134. The minimum atomic E-state index is -4.12. The van der Waals surface area contributed by atoms with E-state index in [-0.39, 0.29) is 12.2 Å². The summed E-state index contributed by atoms with van der Waals surface area (Å²) < 4.78 is 39.6. The van der Waals surface area contributed by atoms with E-state index in [0.29, 0.717) is 23.3 Å². The van der Waals surface area contributed by atoms with Gasteiger partial charge in [0.25, 0.3) is 0 Å². The minimum absolute atomic E-state index is 0.00654. The molecule has 4 nitrogen and oxygen atoms in total. The molecule has 1 aliphatic carbocycles. The normalized spacial score (nSPS) is 21.1. The number of aromatic nitrogens is 2. The third kappa shape index (κ3) is 6.20. The van der Waals surface area contributed by atoms with Gasteiger partial charge in [0.15, 0.2) is 5.78 Å². The fourth-order valence-corrected chi connectivity index (χ4v) is 6.92. The Morgan fingerprint density at radius 2 is 1.92 bits per heavy atom. The lowest BCUT2D eigenvalue weighted by atomic mass is 9.78. The van der Waals surface area contributed by atoms with Gasteiger partial charge in [-0.05, 0) is 44.1 Å². The summed E-state index contributed by atoms with van der Waals surface area (Å²) >= 11 is 1.46. The second-order valence-electron chi connectivity index (χ2n) is 10.7. The molecule has 0 radical (unpaired) electrons. The topological polar surface area (TPSA) is 38.1 Å². The molecule has 0 spiro atoms. The molecule has 8 heteroatoms. The van der Waals surface area contributed by atoms with E-state index in [1.165, 1.54) is 29.1 Å². The predicted octanol–water partition coefficient (Wildman–Crippen LogP) is 6.96. The quantitative estimate of drug-likeness (QED) is 0.303. The Kier molecular flexibility index (Phi) is 7.54. The lowest BCUT2D eigenvalue weighted by Gasteiger charge is -2.31. The molecule has 0 saturated heterocycles. The van der Waals surface area contributed by atoms with Crippen LogP contribution in [-0.2, 0) is 26.4 Å². The maximum absolute atomic E-state index is 13.1. The average molecular weight is 518 g/mol. The van der Waals surface area contributed by atoms with Crippen LogP contribution < -0.4 is 0 Å². The highest BCUT2D eigenvalue weighted by Gasteiger charge is 2.29. The molecule has 2 aliphatic rings. The van der Waals surface area contributed by atoms with Gasteiger partial charge < -0.3 is 4.57 Å². The first kappa shape index (κ1) is 25.5. The number of fused-ring (bicyclic) bond motifs is 2. The van der Waals surface area contributed by atoms with Crippen LogP contribution in [0.25, 0.3) is 10.8 Å². The van der Waals surface area contributed by atoms with Crippen LogP contribution in [-0.4, -0.2) is 39.5 Å². The molecule has 1 aliphatic heterocycles. The Morgan fingerprint density at radius 1 is 1.14 bits per heavy atom. The van der Waals surface area contributed by atoms with E-state index >= 15 is 0 Å². The third-order valence-corrected chi connectivity index (χ3v) is 9.10. The van der Waals surface area contributed by atoms with Crippen molar-refractivity contribution in [2.24, 2.45) is 18.9 Å². The molecule has 2 aromatic heterocycles. The summed E-state index contributed by atoms with van der Waals surface area (Å²) in [6.45, 7) is 2.73. The first-order valence-electron chi connectivity index (χ1n) is 13.1. The van der Waals surface area contributed by atoms with Gasteiger partial charge in [-0.2, -0.15) is 13.2 Å². The second-order valence-corrected chi connectivity index (χ2v) is 11.8. The number of carbonyl (C=O) groups is 1. The molecule has 0 N–H and O–H groups in total. The van der Waals surface area contributed by atoms with Gasteiger partial charge in [0.05, 0.1) is 10.7 Å². The number of carbonyl (C=O) groups excluding carboxylic acids is 1. The number of halogens is 3. The SMILES string of the molecule is Cn1cc2cccc(C(=O)CC3CCC(CCN4CCc5sc(CCC(F)(F)F)nc5C4)CC3)c2c1. The van der Waals surface area contributed by atoms with Crippen molar-refractivity contribution in [2.75, 3.05) is 13.1 Å². The Labute approximate surface area is 214 Å². The van der Waals surface area contributed by atoms with Gasteiger partial charge in [-0.25, -0.2) is 4.98 Å². The molecule has 5 rings (SSSR count). The molecule has 0 unspecified atom stereocenters. The average Bonchev–Trinajstić information content (AvgIpc) is 3.43. The van der Waals surface area contributed by atoms with E-state index in [0.717, 1.165) is 67.3 Å². The van der Waals surface area contributed by atoms with Crippen LogP contribution >= 0.6 is 11.3 Å². The molecule has 1 aromatic carbocycles. The molecule has 0 atom stereocenters. The molecule has 1 saturated carbocycles. The Bertz CT molecular complexity index is 1210. The van der Waals surface area contributed by atoms with Crippen molar-refractivity contribution in [1.82, 2.24) is 14.5 Å². The highest BCUT2D eigenvalue weighted by atomic mass is 32.1. The van der Waals surface area contributed by atoms with Gasteiger partial charge in [-0.1, -0.05) is 31.0 Å². The van der Waals surface area contributed by atoms with Crippen molar-refractivity contribution in [3.63, 3.8) is 0 Å². The van der Waals surface area contributed by atoms with E-state index in [4.69, 9.17) is 0 Å². The molecule has 36 heavy (non-hydrogen) atoms. The van der Waals surface area contributed by atoms with Crippen LogP contribution in [0.1, 0.15) is 70.9 Å². The van der Waals surface area contributed by atoms with Gasteiger partial charge in [0, 0.05) is 73.0 Å². The van der Waals surface area contributed by atoms with Crippen LogP contribution in [0.2, 0.25) is 0 Å². The summed E-state index contributed by atoms with van der Waals surface area (Å²) in [6.07, 6.45) is 6.41. The number of Topliss-reactive ketones (excluding diaryl/α,β-unsaturated/α-hetero) is 1. The van der Waals surface area contributed by atoms with Crippen molar-refractivity contribution in [3.05, 3.63) is 51.7 Å². The van der Waals surface area contributed by atoms with Gasteiger partial charge in [0.1, 0.15) is 0 Å². The van der Waals surface area contributed by atoms with Gasteiger partial charge in [-0.15, -0.1) is 11.3 Å². The number of hydrogen-bond acceptors (Lipinski definition) is 4. The number of benzene rings is 1. The van der Waals surface area contributed by atoms with Crippen LogP contribution in [0, 0.1) is 11.8 Å². The maximum atomic E-state index is 13.1. The minimum Gasteiger partial charge on any atom is -0.356 e. The molecule has 1 fully saturated rings. The summed E-state index contributed by atoms with van der Waals surface area (Å²) in [7, 11) is 1.99. The first-order valence-corrected chi connectivity index (χ1v) is 13.9. The van der Waals surface area contributed by atoms with Crippen molar-refractivity contribution >= 4 is 27.9 Å². The summed E-state index contributed by atoms with van der Waals surface area (Å²) in [4.78, 5) is 21.2. The largest absolute Gasteiger partial charge is 0.389 e. The highest BCUT2D eigenvalue weighted by molar-refractivity contribution is 7.11. The number of hydrogen-bond donors (Lipinski definition) is 0. The maximum Gasteiger partial charge on any atom is 0.389 e. The molecule has 3 aromatic rings. The van der Waals surface area contributed by atoms with Crippen molar-refractivity contribution in [3.8, 4) is 0 Å². The van der Waals surface area contributed by atoms with Gasteiger partial charge in [-0.3, -0.25) is 9.69 Å². The Balaban J connectivity index is 1.06. The third-order valence-electron chi connectivity index (χ3n) is 7.88. The Morgan fingerprint density at radius 3 is 2.69 bits per heavy atom. The molecule has 194 valence electrons. The van der Waals surface area contributed by atoms with Crippen molar-refractivity contribution in [1.29, 1.82) is 0 Å². The summed E-state index contributed by atoms with van der Waals surface area (Å²) in [5.74, 6) is 1.42. The fraction of sp³-hybridized carbons (Fsp3) is 0.571.